The van der Waals surface area contributed by atoms with Gasteiger partial charge >= 0.3 is 0 Å². The Kier molecular flexibility index (Phi) is 6.00. The van der Waals surface area contributed by atoms with Gasteiger partial charge in [-0.15, -0.1) is 0 Å². The number of hydrogen-bond acceptors (Lipinski definition) is 5. The van der Waals surface area contributed by atoms with Crippen molar-refractivity contribution in [1.82, 2.24) is 19.3 Å². The number of carbonyl (C=O) groups is 1. The lowest BCUT2D eigenvalue weighted by molar-refractivity contribution is 0.101. The fourth-order valence-electron chi connectivity index (χ4n) is 3.06. The maximum Gasteiger partial charge on any atom is 0.276 e. The summed E-state index contributed by atoms with van der Waals surface area (Å²) in [5.41, 5.74) is 3.19. The van der Waals surface area contributed by atoms with Crippen LogP contribution in [0.4, 0.5) is 5.95 Å². The molecule has 28 heavy (non-hydrogen) atoms. The van der Waals surface area contributed by atoms with Crippen molar-refractivity contribution in [3.63, 3.8) is 0 Å². The Balaban J connectivity index is 2.08. The van der Waals surface area contributed by atoms with E-state index in [2.05, 4.69) is 44.1 Å². The van der Waals surface area contributed by atoms with E-state index in [1.165, 1.54) is 0 Å². The molecular weight excluding hydrogens is 471 g/mol. The number of rotatable bonds is 6. The monoisotopic (exact) mass is 492 g/mol. The summed E-state index contributed by atoms with van der Waals surface area (Å²) in [6.45, 7) is 6.76. The van der Waals surface area contributed by atoms with Gasteiger partial charge in [-0.1, -0.05) is 6.92 Å². The van der Waals surface area contributed by atoms with Crippen LogP contribution in [0.1, 0.15) is 35.6 Å². The van der Waals surface area contributed by atoms with Crippen molar-refractivity contribution < 1.29 is 9.90 Å². The number of nitrogens with one attached hydrogen (secondary N) is 1. The molecule has 9 heteroatoms. The van der Waals surface area contributed by atoms with E-state index < -0.39 is 0 Å². The average Bonchev–Trinajstić information content (AvgIpc) is 3.21. The van der Waals surface area contributed by atoms with Crippen LogP contribution in [0.2, 0.25) is 0 Å². The fraction of sp³-hybridized carbons (Fsp3) is 0.368. The van der Waals surface area contributed by atoms with Crippen molar-refractivity contribution in [3.05, 3.63) is 38.7 Å². The highest BCUT2D eigenvalue weighted by Crippen LogP contribution is 2.27. The predicted molar refractivity (Wildman–Crippen MR) is 114 cm³/mol. The zero-order chi connectivity index (χ0) is 20.4. The van der Waals surface area contributed by atoms with Crippen LogP contribution in [0.5, 0.6) is 0 Å². The van der Waals surface area contributed by atoms with Gasteiger partial charge in [0.15, 0.2) is 0 Å². The third kappa shape index (κ3) is 3.88. The number of amides is 1. The number of carbonyl (C=O) groups excluding carboxylic acids is 1. The molecular formula is C19H21IN6O2. The Bertz CT molecular complexity index is 1080. The molecule has 1 amide bonds. The molecule has 3 aromatic rings. The first-order chi connectivity index (χ1) is 13.4. The summed E-state index contributed by atoms with van der Waals surface area (Å²) in [4.78, 5) is 17.4. The average molecular weight is 492 g/mol. The summed E-state index contributed by atoms with van der Waals surface area (Å²) in [5, 5.41) is 25.9. The zero-order valence-electron chi connectivity index (χ0n) is 15.9. The molecule has 0 unspecified atom stereocenters. The lowest BCUT2D eigenvalue weighted by Crippen LogP contribution is -2.21. The third-order valence-electron chi connectivity index (χ3n) is 4.39. The van der Waals surface area contributed by atoms with Gasteiger partial charge in [0.1, 0.15) is 5.69 Å². The number of fused-ring (bicyclic) bond motifs is 1. The van der Waals surface area contributed by atoms with E-state index >= 15 is 0 Å². The first-order valence-corrected chi connectivity index (χ1v) is 10.0. The minimum Gasteiger partial charge on any atom is -0.396 e. The summed E-state index contributed by atoms with van der Waals surface area (Å²) in [5.74, 6) is 0.0592. The van der Waals surface area contributed by atoms with E-state index in [9.17, 15) is 15.2 Å². The highest BCUT2D eigenvalue weighted by molar-refractivity contribution is 14.1. The summed E-state index contributed by atoms with van der Waals surface area (Å²) in [7, 11) is 0. The van der Waals surface area contributed by atoms with E-state index in [0.29, 0.717) is 35.8 Å². The lowest BCUT2D eigenvalue weighted by atomic mass is 10.2. The van der Waals surface area contributed by atoms with Crippen molar-refractivity contribution >= 4 is 45.5 Å². The first-order valence-electron chi connectivity index (χ1n) is 8.94. The van der Waals surface area contributed by atoms with Crippen molar-refractivity contribution in [2.45, 2.75) is 33.9 Å². The summed E-state index contributed by atoms with van der Waals surface area (Å²) in [6.07, 6.45) is 0. The number of aryl methyl sites for hydroxylation is 2. The Morgan fingerprint density at radius 2 is 2.18 bits per heavy atom. The summed E-state index contributed by atoms with van der Waals surface area (Å²) < 4.78 is 4.39. The molecule has 2 aromatic heterocycles. The second kappa shape index (κ2) is 8.28. The molecule has 1 aromatic carbocycles. The number of aliphatic hydroxyl groups excluding tert-OH is 1. The number of anilines is 1. The molecule has 0 spiro atoms. The van der Waals surface area contributed by atoms with Crippen LogP contribution in [0.25, 0.3) is 11.0 Å². The van der Waals surface area contributed by atoms with E-state index in [1.54, 1.807) is 22.9 Å². The van der Waals surface area contributed by atoms with E-state index in [0.717, 1.165) is 14.8 Å². The van der Waals surface area contributed by atoms with Gasteiger partial charge in [-0.05, 0) is 60.6 Å². The molecule has 8 nitrogen and oxygen atoms in total. The SMILES string of the molecule is CCn1nc(C)cc1C(=O)Nc1nc2cc(C#N)cc(I)c2n1C[C@@H](C)CO. The Morgan fingerprint density at radius 1 is 1.43 bits per heavy atom. The third-order valence-corrected chi connectivity index (χ3v) is 5.21. The van der Waals surface area contributed by atoms with Crippen LogP contribution >= 0.6 is 22.6 Å². The van der Waals surface area contributed by atoms with Crippen LogP contribution < -0.4 is 5.32 Å². The molecule has 2 heterocycles. The van der Waals surface area contributed by atoms with Crippen LogP contribution in [-0.4, -0.2) is 37.0 Å². The molecule has 2 N–H and O–H groups in total. The molecule has 0 bridgehead atoms. The van der Waals surface area contributed by atoms with Gasteiger partial charge in [0.05, 0.1) is 28.4 Å². The second-order valence-corrected chi connectivity index (χ2v) is 7.87. The molecule has 0 aliphatic heterocycles. The number of nitriles is 1. The topological polar surface area (TPSA) is 109 Å². The van der Waals surface area contributed by atoms with Crippen molar-refractivity contribution in [3.8, 4) is 6.07 Å². The fourth-order valence-corrected chi connectivity index (χ4v) is 3.96. The molecule has 0 radical (unpaired) electrons. The van der Waals surface area contributed by atoms with Crippen LogP contribution in [0.3, 0.4) is 0 Å². The minimum absolute atomic E-state index is 0.0156. The standard InChI is InChI=1S/C19H21IN6O2/c1-4-26-16(5-12(3)24-26)18(28)23-19-22-15-7-13(8-21)6-14(20)17(15)25(19)9-11(2)10-27/h5-7,11,27H,4,9-10H2,1-3H3,(H,22,23,28)/t11-/m1/s1. The first kappa shape index (κ1) is 20.3. The summed E-state index contributed by atoms with van der Waals surface area (Å²) in [6, 6.07) is 7.35. The van der Waals surface area contributed by atoms with Crippen molar-refractivity contribution in [1.29, 1.82) is 5.26 Å². The van der Waals surface area contributed by atoms with Crippen LogP contribution in [0.15, 0.2) is 18.2 Å². The molecule has 1 atom stereocenters. The second-order valence-electron chi connectivity index (χ2n) is 6.71. The van der Waals surface area contributed by atoms with Crippen LogP contribution in [-0.2, 0) is 13.1 Å². The van der Waals surface area contributed by atoms with E-state index in [-0.39, 0.29) is 18.4 Å². The molecule has 0 aliphatic rings. The molecule has 0 fully saturated rings. The maximum atomic E-state index is 12.9. The number of nitrogens with zero attached hydrogens (tertiary/aromatic N) is 5. The Hall–Kier alpha value is -2.45. The lowest BCUT2D eigenvalue weighted by Gasteiger charge is -2.14. The maximum absolute atomic E-state index is 12.9. The number of aliphatic hydroxyl groups is 1. The van der Waals surface area contributed by atoms with Gasteiger partial charge in [0.25, 0.3) is 5.91 Å². The van der Waals surface area contributed by atoms with E-state index in [4.69, 9.17) is 0 Å². The van der Waals surface area contributed by atoms with Gasteiger partial charge < -0.3 is 9.67 Å². The smallest absolute Gasteiger partial charge is 0.276 e. The van der Waals surface area contributed by atoms with E-state index in [1.807, 2.05) is 25.3 Å². The highest BCUT2D eigenvalue weighted by atomic mass is 127. The molecule has 0 aliphatic carbocycles. The Labute approximate surface area is 176 Å². The largest absolute Gasteiger partial charge is 0.396 e. The number of imidazole rings is 1. The molecule has 0 saturated carbocycles. The van der Waals surface area contributed by atoms with Crippen molar-refractivity contribution in [2.75, 3.05) is 11.9 Å². The normalized spacial score (nSPS) is 12.1. The number of aromatic nitrogens is 4. The van der Waals surface area contributed by atoms with Crippen molar-refractivity contribution in [2.24, 2.45) is 5.92 Å². The molecule has 3 rings (SSSR count). The van der Waals surface area contributed by atoms with Crippen LogP contribution in [0, 0.1) is 27.7 Å². The predicted octanol–water partition coefficient (Wildman–Crippen LogP) is 2.92. The van der Waals surface area contributed by atoms with Gasteiger partial charge in [-0.25, -0.2) is 4.98 Å². The van der Waals surface area contributed by atoms with Gasteiger partial charge in [-0.2, -0.15) is 10.4 Å². The Morgan fingerprint density at radius 3 is 2.82 bits per heavy atom. The van der Waals surface area contributed by atoms with Gasteiger partial charge in [0, 0.05) is 23.3 Å². The number of hydrogen-bond donors (Lipinski definition) is 2. The van der Waals surface area contributed by atoms with Gasteiger partial charge in [0.2, 0.25) is 5.95 Å². The zero-order valence-corrected chi connectivity index (χ0v) is 18.1. The number of benzene rings is 1. The molecule has 0 saturated heterocycles. The number of halogens is 1. The van der Waals surface area contributed by atoms with Gasteiger partial charge in [-0.3, -0.25) is 14.8 Å². The molecule has 146 valence electrons. The minimum atomic E-state index is -0.300. The summed E-state index contributed by atoms with van der Waals surface area (Å²) >= 11 is 2.16. The highest BCUT2D eigenvalue weighted by Gasteiger charge is 2.20. The quantitative estimate of drug-likeness (QED) is 0.515.